The molecule has 0 radical (unpaired) electrons. The van der Waals surface area contributed by atoms with Crippen molar-refractivity contribution in [2.24, 2.45) is 0 Å². The van der Waals surface area contributed by atoms with Crippen LogP contribution in [-0.2, 0) is 32.6 Å². The first-order chi connectivity index (χ1) is 23.1. The zero-order valence-electron chi connectivity index (χ0n) is 26.7. The van der Waals surface area contributed by atoms with Crippen LogP contribution in [0.1, 0.15) is 43.7 Å². The average Bonchev–Trinajstić information content (AvgIpc) is 3.60. The van der Waals surface area contributed by atoms with E-state index in [2.05, 4.69) is 5.32 Å². The summed E-state index contributed by atoms with van der Waals surface area (Å²) in [6.07, 6.45) is 3.96. The Morgan fingerprint density at radius 2 is 1.54 bits per heavy atom. The van der Waals surface area contributed by atoms with Crippen LogP contribution in [0.25, 0.3) is 0 Å². The lowest BCUT2D eigenvalue weighted by Crippen LogP contribution is -2.54. The smallest absolute Gasteiger partial charge is 0.264 e. The third kappa shape index (κ3) is 8.93. The topological polar surface area (TPSA) is 96.0 Å². The number of hydrogen-bond acceptors (Lipinski definition) is 5. The Kier molecular flexibility index (Phi) is 11.7. The van der Waals surface area contributed by atoms with Gasteiger partial charge in [0.15, 0.2) is 0 Å². The summed E-state index contributed by atoms with van der Waals surface area (Å²) >= 11 is 6.16. The van der Waals surface area contributed by atoms with Crippen molar-refractivity contribution < 1.29 is 27.1 Å². The Hall–Kier alpha value is -4.41. The minimum atomic E-state index is -4.37. The molecular weight excluding hydrogens is 653 g/mol. The molecule has 1 aliphatic rings. The lowest BCUT2D eigenvalue weighted by atomic mass is 10.0. The van der Waals surface area contributed by atoms with Gasteiger partial charge in [-0.2, -0.15) is 0 Å². The van der Waals surface area contributed by atoms with E-state index in [0.717, 1.165) is 59.8 Å². The van der Waals surface area contributed by atoms with Gasteiger partial charge in [-0.1, -0.05) is 66.9 Å². The van der Waals surface area contributed by atoms with Crippen LogP contribution in [-0.4, -0.2) is 50.4 Å². The molecule has 2 amide bonds. The van der Waals surface area contributed by atoms with E-state index in [1.54, 1.807) is 48.5 Å². The number of hydrogen-bond donors (Lipinski definition) is 1. The van der Waals surface area contributed by atoms with Crippen molar-refractivity contribution in [1.82, 2.24) is 10.2 Å². The molecule has 48 heavy (non-hydrogen) atoms. The quantitative estimate of drug-likeness (QED) is 0.158. The van der Waals surface area contributed by atoms with Crippen LogP contribution in [0.5, 0.6) is 5.75 Å². The lowest BCUT2D eigenvalue weighted by molar-refractivity contribution is -0.140. The number of ether oxygens (including phenoxy) is 1. The van der Waals surface area contributed by atoms with Crippen molar-refractivity contribution in [3.63, 3.8) is 0 Å². The first-order valence-corrected chi connectivity index (χ1v) is 17.8. The summed E-state index contributed by atoms with van der Waals surface area (Å²) in [4.78, 5) is 30.0. The molecule has 1 fully saturated rings. The van der Waals surface area contributed by atoms with E-state index in [4.69, 9.17) is 16.3 Å². The molecule has 1 aliphatic carbocycles. The number of nitrogens with zero attached hydrogens (tertiary/aromatic N) is 2. The molecule has 0 saturated heterocycles. The fraction of sp³-hybridized carbons (Fsp3) is 0.297. The Labute approximate surface area is 286 Å². The number of benzene rings is 4. The lowest BCUT2D eigenvalue weighted by Gasteiger charge is -2.34. The third-order valence-electron chi connectivity index (χ3n) is 8.36. The van der Waals surface area contributed by atoms with Gasteiger partial charge < -0.3 is 15.0 Å². The molecule has 5 rings (SSSR count). The van der Waals surface area contributed by atoms with Crippen LogP contribution in [0.3, 0.4) is 0 Å². The third-order valence-corrected chi connectivity index (χ3v) is 10.4. The maximum Gasteiger partial charge on any atom is 0.264 e. The summed E-state index contributed by atoms with van der Waals surface area (Å²) in [7, 11) is -4.37. The normalized spacial score (nSPS) is 13.9. The van der Waals surface area contributed by atoms with Gasteiger partial charge >= 0.3 is 0 Å². The summed E-state index contributed by atoms with van der Waals surface area (Å²) in [5, 5.41) is 3.68. The maximum atomic E-state index is 14.6. The Morgan fingerprint density at radius 1 is 0.896 bits per heavy atom. The van der Waals surface area contributed by atoms with E-state index in [9.17, 15) is 22.4 Å². The molecule has 0 aromatic heterocycles. The number of carbonyl (C=O) groups excluding carboxylic acids is 2. The van der Waals surface area contributed by atoms with Crippen molar-refractivity contribution in [3.05, 3.63) is 125 Å². The molecule has 0 aliphatic heterocycles. The van der Waals surface area contributed by atoms with Crippen LogP contribution < -0.4 is 14.4 Å². The van der Waals surface area contributed by atoms with E-state index in [0.29, 0.717) is 22.9 Å². The highest BCUT2D eigenvalue weighted by Crippen LogP contribution is 2.28. The van der Waals surface area contributed by atoms with Crippen LogP contribution >= 0.6 is 11.6 Å². The molecule has 1 saturated carbocycles. The summed E-state index contributed by atoms with van der Waals surface area (Å²) in [5.74, 6) is -0.958. The van der Waals surface area contributed by atoms with Crippen molar-refractivity contribution >= 4 is 39.1 Å². The average molecular weight is 692 g/mol. The number of nitrogens with one attached hydrogen (secondary N) is 1. The molecule has 0 unspecified atom stereocenters. The zero-order valence-corrected chi connectivity index (χ0v) is 28.3. The van der Waals surface area contributed by atoms with E-state index in [1.807, 2.05) is 37.3 Å². The molecule has 1 N–H and O–H groups in total. The summed E-state index contributed by atoms with van der Waals surface area (Å²) < 4.78 is 48.6. The number of anilines is 1. The predicted octanol–water partition coefficient (Wildman–Crippen LogP) is 6.77. The Balaban J connectivity index is 1.56. The molecular formula is C37H39ClFN3O5S. The second-order valence-electron chi connectivity index (χ2n) is 11.7. The highest BCUT2D eigenvalue weighted by molar-refractivity contribution is 7.92. The van der Waals surface area contributed by atoms with Crippen molar-refractivity contribution in [3.8, 4) is 5.75 Å². The van der Waals surface area contributed by atoms with Gasteiger partial charge in [0.1, 0.15) is 24.2 Å². The van der Waals surface area contributed by atoms with E-state index in [-0.39, 0.29) is 35.5 Å². The molecule has 1 atom stereocenters. The Bertz CT molecular complexity index is 1770. The number of halogens is 2. The molecule has 0 bridgehead atoms. The molecule has 252 valence electrons. The van der Waals surface area contributed by atoms with E-state index < -0.39 is 34.3 Å². The minimum Gasteiger partial charge on any atom is -0.494 e. The SMILES string of the molecule is CCOc1ccc(N(CC(=O)N(Cc2ccc(Cl)cc2)[C@H](Cc2ccccc2)C(=O)NC2CCCC2)S(=O)(=O)c2ccc(F)cc2)cc1. The van der Waals surface area contributed by atoms with Gasteiger partial charge in [0.25, 0.3) is 10.0 Å². The zero-order chi connectivity index (χ0) is 34.1. The molecule has 0 heterocycles. The highest BCUT2D eigenvalue weighted by atomic mass is 35.5. The first-order valence-electron chi connectivity index (χ1n) is 16.0. The molecule has 4 aromatic carbocycles. The number of sulfonamides is 1. The number of rotatable bonds is 14. The van der Waals surface area contributed by atoms with Crippen LogP contribution in [0.2, 0.25) is 5.02 Å². The molecule has 4 aromatic rings. The number of carbonyl (C=O) groups is 2. The molecule has 8 nitrogen and oxygen atoms in total. The summed E-state index contributed by atoms with van der Waals surface area (Å²) in [6.45, 7) is 1.66. The number of amides is 2. The van der Waals surface area contributed by atoms with Gasteiger partial charge in [0.2, 0.25) is 11.8 Å². The van der Waals surface area contributed by atoms with Gasteiger partial charge in [0, 0.05) is 24.0 Å². The van der Waals surface area contributed by atoms with Crippen LogP contribution in [0.15, 0.2) is 108 Å². The Morgan fingerprint density at radius 3 is 2.17 bits per heavy atom. The molecule has 11 heteroatoms. The standard InChI is InChI=1S/C37H39ClFN3O5S/c1-2-47-33-20-18-32(19-21-33)42(48(45,46)34-22-16-30(39)17-23-34)26-36(43)41(25-28-12-14-29(38)15-13-28)35(24-27-8-4-3-5-9-27)37(44)40-31-10-6-7-11-31/h3-5,8-9,12-23,31,35H,2,6-7,10-11,24-26H2,1H3,(H,40,44)/t35-/m1/s1. The fourth-order valence-corrected chi connectivity index (χ4v) is 7.39. The van der Waals surface area contributed by atoms with E-state index in [1.165, 1.54) is 4.90 Å². The predicted molar refractivity (Wildman–Crippen MR) is 185 cm³/mol. The highest BCUT2D eigenvalue weighted by Gasteiger charge is 2.35. The van der Waals surface area contributed by atoms with Crippen molar-refractivity contribution in [2.75, 3.05) is 17.5 Å². The van der Waals surface area contributed by atoms with Gasteiger partial charge in [-0.3, -0.25) is 13.9 Å². The summed E-state index contributed by atoms with van der Waals surface area (Å²) in [6, 6.07) is 26.2. The second kappa shape index (κ2) is 16.1. The van der Waals surface area contributed by atoms with Gasteiger partial charge in [-0.05, 0) is 91.6 Å². The minimum absolute atomic E-state index is 0.00228. The summed E-state index contributed by atoms with van der Waals surface area (Å²) in [5.41, 5.74) is 1.77. The van der Waals surface area contributed by atoms with Crippen LogP contribution in [0, 0.1) is 5.82 Å². The van der Waals surface area contributed by atoms with Gasteiger partial charge in [-0.15, -0.1) is 0 Å². The van der Waals surface area contributed by atoms with Gasteiger partial charge in [0.05, 0.1) is 17.2 Å². The fourth-order valence-electron chi connectivity index (χ4n) is 5.85. The van der Waals surface area contributed by atoms with Crippen LogP contribution in [0.4, 0.5) is 10.1 Å². The first kappa shape index (κ1) is 34.9. The largest absolute Gasteiger partial charge is 0.494 e. The van der Waals surface area contributed by atoms with Gasteiger partial charge in [-0.25, -0.2) is 12.8 Å². The monoisotopic (exact) mass is 691 g/mol. The molecule has 0 spiro atoms. The second-order valence-corrected chi connectivity index (χ2v) is 14.0. The van der Waals surface area contributed by atoms with E-state index >= 15 is 0 Å². The maximum absolute atomic E-state index is 14.6. The van der Waals surface area contributed by atoms with Crippen molar-refractivity contribution in [1.29, 1.82) is 0 Å². The van der Waals surface area contributed by atoms with Crippen molar-refractivity contribution in [2.45, 2.75) is 62.6 Å².